The van der Waals surface area contributed by atoms with Crippen molar-refractivity contribution in [1.29, 1.82) is 0 Å². The maximum absolute atomic E-state index is 8.81. The molecule has 1 N–H and O–H groups in total. The van der Waals surface area contributed by atoms with E-state index in [1.807, 2.05) is 0 Å². The van der Waals surface area contributed by atoms with Crippen molar-refractivity contribution in [3.8, 4) is 0 Å². The molecule has 0 amide bonds. The van der Waals surface area contributed by atoms with Gasteiger partial charge in [0.25, 0.3) is 0 Å². The zero-order valence-corrected chi connectivity index (χ0v) is 35.5. The van der Waals surface area contributed by atoms with E-state index in [1.165, 1.54) is 231 Å². The van der Waals surface area contributed by atoms with Crippen LogP contribution in [-0.4, -0.2) is 43.9 Å². The van der Waals surface area contributed by atoms with Crippen molar-refractivity contribution in [1.82, 2.24) is 0 Å². The van der Waals surface area contributed by atoms with Gasteiger partial charge in [-0.05, 0) is 25.2 Å². The van der Waals surface area contributed by atoms with Gasteiger partial charge in [-0.15, -0.1) is 0 Å². The predicted octanol–water partition coefficient (Wildman–Crippen LogP) is 12.4. The molecule has 0 aromatic heterocycles. The lowest BCUT2D eigenvalue weighted by Gasteiger charge is -2.23. The largest absolute Gasteiger partial charge is 1.00 e. The summed E-state index contributed by atoms with van der Waals surface area (Å²) >= 11 is 0. The van der Waals surface area contributed by atoms with Crippen molar-refractivity contribution in [3.63, 3.8) is 0 Å². The van der Waals surface area contributed by atoms with Crippen LogP contribution in [0.4, 0.5) is 0 Å². The third kappa shape index (κ3) is 50.6. The molecule has 0 aromatic rings. The Hall–Kier alpha value is 0.210. The highest BCUT2D eigenvalue weighted by atomic mass is 35.5. The lowest BCUT2D eigenvalue weighted by atomic mass is 9.90. The molecule has 0 aliphatic rings. The number of aliphatic hydroxyl groups excluding tert-OH is 1. The van der Waals surface area contributed by atoms with Gasteiger partial charge in [0.1, 0.15) is 0 Å². The summed E-state index contributed by atoms with van der Waals surface area (Å²) in [6, 6.07) is 0. The van der Waals surface area contributed by atoms with E-state index >= 15 is 0 Å². The van der Waals surface area contributed by atoms with Crippen LogP contribution in [-0.2, 0) is 0 Å². The summed E-state index contributed by atoms with van der Waals surface area (Å²) in [6.45, 7) is 8.64. The quantitative estimate of drug-likeness (QED) is 0.0502. The molecule has 0 spiro atoms. The average molecular weight is 703 g/mol. The molecule has 0 aliphatic carbocycles. The summed E-state index contributed by atoms with van der Waals surface area (Å²) in [7, 11) is 6.88. The first kappa shape index (κ1) is 52.6. The first-order chi connectivity index (χ1) is 22.9. The van der Waals surface area contributed by atoms with Crippen LogP contribution in [0.3, 0.4) is 0 Å². The van der Waals surface area contributed by atoms with Gasteiger partial charge in [-0.25, -0.2) is 0 Å². The first-order valence-corrected chi connectivity index (χ1v) is 22.3. The zero-order chi connectivity index (χ0) is 34.9. The number of nitrogens with zero attached hydrogens (tertiary/aromatic N) is 1. The van der Waals surface area contributed by atoms with Crippen LogP contribution in [0.15, 0.2) is 0 Å². The van der Waals surface area contributed by atoms with Gasteiger partial charge in [0.15, 0.2) is 0 Å². The highest BCUT2D eigenvalue weighted by Gasteiger charge is 2.08. The Labute approximate surface area is 313 Å². The molecule has 0 heterocycles. The lowest BCUT2D eigenvalue weighted by Crippen LogP contribution is -3.00. The number of hydrogen-bond donors (Lipinski definition) is 1. The summed E-state index contributed by atoms with van der Waals surface area (Å²) in [5.41, 5.74) is 0. The van der Waals surface area contributed by atoms with Gasteiger partial charge < -0.3 is 22.0 Å². The third-order valence-corrected chi connectivity index (χ3v) is 10.4. The molecule has 0 radical (unpaired) electrons. The number of aliphatic hydroxyl groups is 1. The Balaban J connectivity index is -0.000000862. The van der Waals surface area contributed by atoms with Gasteiger partial charge in [-0.3, -0.25) is 0 Å². The number of halogens is 1. The second-order valence-electron chi connectivity index (χ2n) is 16.6. The van der Waals surface area contributed by atoms with Gasteiger partial charge in [0.2, 0.25) is 0 Å². The number of rotatable bonds is 38. The van der Waals surface area contributed by atoms with E-state index in [1.54, 1.807) is 0 Å². The average Bonchev–Trinajstić information content (AvgIpc) is 3.05. The molecule has 294 valence electrons. The van der Waals surface area contributed by atoms with Crippen LogP contribution in [0.25, 0.3) is 0 Å². The number of unbranched alkanes of at least 4 members (excludes halogenated alkanes) is 29. The van der Waals surface area contributed by atoms with E-state index in [0.29, 0.717) is 6.61 Å². The molecular formula is C45H96ClNO. The fourth-order valence-electron chi connectivity index (χ4n) is 7.06. The summed E-state index contributed by atoms with van der Waals surface area (Å²) < 4.78 is 1.12. The molecular weight excluding hydrogens is 606 g/mol. The summed E-state index contributed by atoms with van der Waals surface area (Å²) in [6.07, 6.45) is 51.4. The molecule has 0 fully saturated rings. The summed E-state index contributed by atoms with van der Waals surface area (Å²) in [4.78, 5) is 0. The predicted molar refractivity (Wildman–Crippen MR) is 217 cm³/mol. The maximum Gasteiger partial charge on any atom is 0.0780 e. The highest BCUT2D eigenvalue weighted by Crippen LogP contribution is 2.24. The molecule has 0 bridgehead atoms. The van der Waals surface area contributed by atoms with Crippen molar-refractivity contribution in [2.45, 2.75) is 252 Å². The molecule has 0 rings (SSSR count). The molecule has 0 saturated carbocycles. The fourth-order valence-corrected chi connectivity index (χ4v) is 7.06. The van der Waals surface area contributed by atoms with Gasteiger partial charge in [0, 0.05) is 6.61 Å². The van der Waals surface area contributed by atoms with E-state index in [9.17, 15) is 0 Å². The van der Waals surface area contributed by atoms with Crippen molar-refractivity contribution in [2.75, 3.05) is 34.3 Å². The molecule has 1 atom stereocenters. The molecule has 0 aliphatic heterocycles. The number of hydrogen-bond acceptors (Lipinski definition) is 1. The molecule has 1 unspecified atom stereocenters. The van der Waals surface area contributed by atoms with Crippen LogP contribution in [0.5, 0.6) is 0 Å². The standard InChI is InChI=1S/C26H54O.C19H42N.ClH/c1-3-5-7-8-9-10-11-13-16-19-23-26(22-6-4-2)24-20-17-14-12-15-18-21-25-27;1-5-6-7-8-9-10-11-12-13-14-15-16-17-18-19-20(2,3)4;/h26-27H,3-25H2,1-2H3;5-19H2,1-4H3;1H/q;+1;/p-1. The Bertz CT molecular complexity index is 534. The second-order valence-corrected chi connectivity index (χ2v) is 16.6. The Morgan fingerprint density at radius 3 is 0.875 bits per heavy atom. The second kappa shape index (κ2) is 45.2. The summed E-state index contributed by atoms with van der Waals surface area (Å²) in [5.74, 6) is 1.01. The van der Waals surface area contributed by atoms with E-state index in [-0.39, 0.29) is 12.4 Å². The van der Waals surface area contributed by atoms with Gasteiger partial charge in [0.05, 0.1) is 27.7 Å². The maximum atomic E-state index is 8.81. The summed E-state index contributed by atoms with van der Waals surface area (Å²) in [5, 5.41) is 8.81. The van der Waals surface area contributed by atoms with Crippen LogP contribution < -0.4 is 12.4 Å². The molecule has 48 heavy (non-hydrogen) atoms. The zero-order valence-electron chi connectivity index (χ0n) is 34.7. The van der Waals surface area contributed by atoms with Crippen molar-refractivity contribution >= 4 is 0 Å². The monoisotopic (exact) mass is 702 g/mol. The topological polar surface area (TPSA) is 20.2 Å². The minimum Gasteiger partial charge on any atom is -1.00 e. The van der Waals surface area contributed by atoms with Crippen molar-refractivity contribution in [3.05, 3.63) is 0 Å². The Kier molecular flexibility index (Phi) is 49.5. The third-order valence-electron chi connectivity index (χ3n) is 10.4. The van der Waals surface area contributed by atoms with Gasteiger partial charge in [-0.1, -0.05) is 233 Å². The smallest absolute Gasteiger partial charge is 0.0780 e. The van der Waals surface area contributed by atoms with Crippen LogP contribution in [0.2, 0.25) is 0 Å². The van der Waals surface area contributed by atoms with Crippen molar-refractivity contribution < 1.29 is 22.0 Å². The highest BCUT2D eigenvalue weighted by molar-refractivity contribution is 4.62. The Morgan fingerprint density at radius 1 is 0.333 bits per heavy atom. The number of quaternary nitrogens is 1. The first-order valence-electron chi connectivity index (χ1n) is 22.3. The minimum atomic E-state index is 0. The van der Waals surface area contributed by atoms with Crippen LogP contribution in [0, 0.1) is 5.92 Å². The molecule has 3 heteroatoms. The van der Waals surface area contributed by atoms with Gasteiger partial charge in [-0.2, -0.15) is 0 Å². The molecule has 0 aromatic carbocycles. The molecule has 2 nitrogen and oxygen atoms in total. The Morgan fingerprint density at radius 2 is 0.583 bits per heavy atom. The van der Waals surface area contributed by atoms with E-state index in [2.05, 4.69) is 41.9 Å². The fraction of sp³-hybridized carbons (Fsp3) is 1.00. The normalized spacial score (nSPS) is 12.1. The minimum absolute atomic E-state index is 0. The van der Waals surface area contributed by atoms with Crippen molar-refractivity contribution in [2.24, 2.45) is 5.92 Å². The van der Waals surface area contributed by atoms with E-state index in [4.69, 9.17) is 5.11 Å². The van der Waals surface area contributed by atoms with E-state index in [0.717, 1.165) is 16.8 Å². The van der Waals surface area contributed by atoms with E-state index < -0.39 is 0 Å². The SMILES string of the molecule is CCCCCCCCCCCCC(CCCC)CCCCCCCCCO.CCCCCCCCCCCCCCCC[N+](C)(C)C.[Cl-]. The van der Waals surface area contributed by atoms with Gasteiger partial charge >= 0.3 is 0 Å². The van der Waals surface area contributed by atoms with Crippen LogP contribution >= 0.6 is 0 Å². The van der Waals surface area contributed by atoms with Crippen LogP contribution in [0.1, 0.15) is 252 Å². The lowest BCUT2D eigenvalue weighted by molar-refractivity contribution is -0.870. The molecule has 0 saturated heterocycles.